The zero-order valence-corrected chi connectivity index (χ0v) is 23.2. The molecule has 40 heavy (non-hydrogen) atoms. The highest BCUT2D eigenvalue weighted by Gasteiger charge is 2.36. The number of hydrogen-bond acceptors (Lipinski definition) is 3. The molecular weight excluding hydrogens is 522 g/mol. The fraction of sp³-hybridized carbons (Fsp3) is 0.242. The van der Waals surface area contributed by atoms with Gasteiger partial charge in [-0.3, -0.25) is 19.3 Å². The number of amides is 3. The van der Waals surface area contributed by atoms with Crippen molar-refractivity contribution in [2.45, 2.75) is 38.8 Å². The van der Waals surface area contributed by atoms with Gasteiger partial charge in [0.2, 0.25) is 11.8 Å². The molecule has 1 N–H and O–H groups in total. The van der Waals surface area contributed by atoms with Crippen molar-refractivity contribution in [1.29, 1.82) is 0 Å². The number of anilines is 1. The van der Waals surface area contributed by atoms with Gasteiger partial charge in [-0.1, -0.05) is 97.7 Å². The Balaban J connectivity index is 1.50. The van der Waals surface area contributed by atoms with E-state index >= 15 is 0 Å². The predicted octanol–water partition coefficient (Wildman–Crippen LogP) is 6.01. The molecule has 0 spiro atoms. The number of hydrogen-bond donors (Lipinski definition) is 1. The molecule has 1 atom stereocenters. The summed E-state index contributed by atoms with van der Waals surface area (Å²) in [5.74, 6) is -0.773. The van der Waals surface area contributed by atoms with Crippen molar-refractivity contribution in [3.63, 3.8) is 0 Å². The second kappa shape index (κ2) is 12.3. The van der Waals surface area contributed by atoms with E-state index in [4.69, 9.17) is 11.6 Å². The molecule has 4 aromatic rings. The van der Waals surface area contributed by atoms with Crippen molar-refractivity contribution in [2.24, 2.45) is 0 Å². The first-order valence-electron chi connectivity index (χ1n) is 13.7. The van der Waals surface area contributed by atoms with Crippen LogP contribution in [-0.4, -0.2) is 41.8 Å². The number of halogens is 1. The topological polar surface area (TPSA) is 69.7 Å². The minimum Gasteiger partial charge on any atom is -0.354 e. The van der Waals surface area contributed by atoms with E-state index in [-0.39, 0.29) is 30.8 Å². The maximum absolute atomic E-state index is 14.2. The number of nitrogens with one attached hydrogen (secondary N) is 1. The van der Waals surface area contributed by atoms with Crippen LogP contribution in [0.15, 0.2) is 91.0 Å². The molecule has 0 saturated carbocycles. The van der Waals surface area contributed by atoms with Crippen LogP contribution in [0.3, 0.4) is 0 Å². The molecule has 4 aromatic carbocycles. The Kier molecular flexibility index (Phi) is 8.46. The van der Waals surface area contributed by atoms with E-state index in [0.29, 0.717) is 29.2 Å². The summed E-state index contributed by atoms with van der Waals surface area (Å²) in [7, 11) is 0. The van der Waals surface area contributed by atoms with Gasteiger partial charge in [0.1, 0.15) is 12.6 Å². The van der Waals surface area contributed by atoms with Gasteiger partial charge >= 0.3 is 0 Å². The molecule has 0 unspecified atom stereocenters. The van der Waals surface area contributed by atoms with Crippen LogP contribution in [0.2, 0.25) is 5.02 Å². The average molecular weight is 554 g/mol. The molecule has 7 heteroatoms. The van der Waals surface area contributed by atoms with Gasteiger partial charge in [-0.25, -0.2) is 0 Å². The first-order valence-corrected chi connectivity index (χ1v) is 14.0. The van der Waals surface area contributed by atoms with Gasteiger partial charge in [0.25, 0.3) is 5.91 Å². The third-order valence-corrected chi connectivity index (χ3v) is 7.71. The lowest BCUT2D eigenvalue weighted by molar-refractivity contribution is -0.140. The first-order chi connectivity index (χ1) is 19.5. The molecular formula is C33H32ClN3O3. The van der Waals surface area contributed by atoms with Crippen molar-refractivity contribution < 1.29 is 14.4 Å². The van der Waals surface area contributed by atoms with Crippen molar-refractivity contribution in [3.8, 4) is 0 Å². The van der Waals surface area contributed by atoms with E-state index in [1.807, 2.05) is 78.9 Å². The van der Waals surface area contributed by atoms with E-state index in [9.17, 15) is 14.4 Å². The van der Waals surface area contributed by atoms with E-state index in [2.05, 4.69) is 12.2 Å². The minimum absolute atomic E-state index is 0.135. The average Bonchev–Trinajstić information content (AvgIpc) is 3.24. The van der Waals surface area contributed by atoms with Crippen LogP contribution in [0.4, 0.5) is 5.69 Å². The van der Waals surface area contributed by atoms with Gasteiger partial charge in [-0.2, -0.15) is 0 Å². The molecule has 6 nitrogen and oxygen atoms in total. The molecule has 3 amide bonds. The number of nitrogens with zero attached hydrogens (tertiary/aromatic N) is 2. The second-order valence-corrected chi connectivity index (χ2v) is 10.4. The molecule has 1 aliphatic heterocycles. The summed E-state index contributed by atoms with van der Waals surface area (Å²) < 4.78 is 0. The molecule has 1 heterocycles. The van der Waals surface area contributed by atoms with Crippen molar-refractivity contribution in [3.05, 3.63) is 113 Å². The first kappa shape index (κ1) is 27.4. The zero-order valence-electron chi connectivity index (χ0n) is 22.5. The Morgan fingerprint density at radius 1 is 0.925 bits per heavy atom. The van der Waals surface area contributed by atoms with Crippen molar-refractivity contribution in [2.75, 3.05) is 18.0 Å². The van der Waals surface area contributed by atoms with Gasteiger partial charge in [0.05, 0.1) is 5.69 Å². The number of carbonyl (C=O) groups is 3. The second-order valence-electron chi connectivity index (χ2n) is 10.0. The number of unbranched alkanes of at least 4 members (excludes halogenated alkanes) is 1. The van der Waals surface area contributed by atoms with E-state index < -0.39 is 6.04 Å². The SMILES string of the molecule is CCCCNC(=O)[C@H](Cc1ccccc1)N(Cc1ccccc1Cl)C(=O)CN1C(=O)c2cccc3cccc1c23. The normalized spacial score (nSPS) is 12.9. The molecule has 1 aliphatic rings. The lowest BCUT2D eigenvalue weighted by atomic mass is 10.0. The summed E-state index contributed by atoms with van der Waals surface area (Å²) >= 11 is 6.53. The third-order valence-electron chi connectivity index (χ3n) is 7.34. The Hall–Kier alpha value is -4.16. The summed E-state index contributed by atoms with van der Waals surface area (Å²) in [6.07, 6.45) is 2.11. The summed E-state index contributed by atoms with van der Waals surface area (Å²) in [6, 6.07) is 27.5. The van der Waals surface area contributed by atoms with E-state index in [0.717, 1.165) is 34.7 Å². The van der Waals surface area contributed by atoms with Crippen LogP contribution >= 0.6 is 11.6 Å². The lowest BCUT2D eigenvalue weighted by Crippen LogP contribution is -2.53. The molecule has 0 fully saturated rings. The standard InChI is InChI=1S/C33H32ClN3O3/c1-2-3-19-35-32(39)29(20-23-11-5-4-6-12-23)36(21-25-13-7-8-17-27(25)34)30(38)22-37-28-18-10-15-24-14-9-16-26(31(24)28)33(37)40/h4-18,29H,2-3,19-22H2,1H3,(H,35,39)/t29-/m0/s1. The smallest absolute Gasteiger partial charge is 0.259 e. The highest BCUT2D eigenvalue weighted by Crippen LogP contribution is 2.37. The predicted molar refractivity (Wildman–Crippen MR) is 159 cm³/mol. The zero-order chi connectivity index (χ0) is 28.1. The molecule has 204 valence electrons. The van der Waals surface area contributed by atoms with Crippen molar-refractivity contribution in [1.82, 2.24) is 10.2 Å². The molecule has 0 bridgehead atoms. The van der Waals surface area contributed by atoms with Gasteiger partial charge in [0, 0.05) is 35.5 Å². The minimum atomic E-state index is -0.793. The summed E-state index contributed by atoms with van der Waals surface area (Å²) in [6.45, 7) is 2.53. The van der Waals surface area contributed by atoms with E-state index in [1.165, 1.54) is 4.90 Å². The maximum Gasteiger partial charge on any atom is 0.259 e. The Bertz CT molecular complexity index is 1530. The molecule has 0 radical (unpaired) electrons. The summed E-state index contributed by atoms with van der Waals surface area (Å²) in [4.78, 5) is 44.4. The van der Waals surface area contributed by atoms with Crippen LogP contribution in [0, 0.1) is 0 Å². The molecule has 0 saturated heterocycles. The van der Waals surface area contributed by atoms with Gasteiger partial charge in [0.15, 0.2) is 0 Å². The third kappa shape index (κ3) is 5.73. The van der Waals surface area contributed by atoms with Crippen LogP contribution < -0.4 is 10.2 Å². The van der Waals surface area contributed by atoms with Crippen LogP contribution in [0.5, 0.6) is 0 Å². The number of rotatable bonds is 11. The molecule has 0 aliphatic carbocycles. The Morgan fingerprint density at radius 3 is 2.40 bits per heavy atom. The largest absolute Gasteiger partial charge is 0.354 e. The highest BCUT2D eigenvalue weighted by atomic mass is 35.5. The molecule has 0 aromatic heterocycles. The summed E-state index contributed by atoms with van der Waals surface area (Å²) in [5, 5.41) is 5.33. The summed E-state index contributed by atoms with van der Waals surface area (Å²) in [5.41, 5.74) is 2.95. The lowest BCUT2D eigenvalue weighted by Gasteiger charge is -2.33. The van der Waals surface area contributed by atoms with Gasteiger partial charge < -0.3 is 10.2 Å². The van der Waals surface area contributed by atoms with Crippen LogP contribution in [0.25, 0.3) is 10.8 Å². The monoisotopic (exact) mass is 553 g/mol. The van der Waals surface area contributed by atoms with Crippen LogP contribution in [-0.2, 0) is 22.6 Å². The van der Waals surface area contributed by atoms with E-state index in [1.54, 1.807) is 17.0 Å². The number of carbonyl (C=O) groups excluding carboxylic acids is 3. The fourth-order valence-corrected chi connectivity index (χ4v) is 5.43. The fourth-order valence-electron chi connectivity index (χ4n) is 5.23. The maximum atomic E-state index is 14.2. The molecule has 5 rings (SSSR count). The van der Waals surface area contributed by atoms with Crippen molar-refractivity contribution >= 4 is 45.8 Å². The van der Waals surface area contributed by atoms with Crippen LogP contribution in [0.1, 0.15) is 41.3 Å². The van der Waals surface area contributed by atoms with Gasteiger partial charge in [-0.05, 0) is 41.1 Å². The number of benzene rings is 4. The quantitative estimate of drug-likeness (QED) is 0.231. The Labute approximate surface area is 239 Å². The Morgan fingerprint density at radius 2 is 1.65 bits per heavy atom. The van der Waals surface area contributed by atoms with Gasteiger partial charge in [-0.15, -0.1) is 0 Å². The highest BCUT2D eigenvalue weighted by molar-refractivity contribution is 6.31.